The third kappa shape index (κ3) is 3.44. The van der Waals surface area contributed by atoms with Crippen LogP contribution in [0.25, 0.3) is 0 Å². The number of carboxylic acid groups (broad SMARTS) is 1. The fourth-order valence-corrected chi connectivity index (χ4v) is 1.48. The number of carboxylic acids is 1. The summed E-state index contributed by atoms with van der Waals surface area (Å²) in [6.07, 6.45) is 0. The molecule has 0 radical (unpaired) electrons. The molecule has 0 saturated heterocycles. The molecule has 1 N–H and O–H groups in total. The van der Waals surface area contributed by atoms with Crippen molar-refractivity contribution in [1.82, 2.24) is 0 Å². The third-order valence-corrected chi connectivity index (χ3v) is 2.31. The van der Waals surface area contributed by atoms with Crippen molar-refractivity contribution in [2.24, 2.45) is 0 Å². The molecule has 0 aliphatic heterocycles. The average molecular weight is 224 g/mol. The van der Waals surface area contributed by atoms with Gasteiger partial charge in [-0.2, -0.15) is 0 Å². The topological polar surface area (TPSA) is 63.6 Å². The highest BCUT2D eigenvalue weighted by Crippen LogP contribution is 2.13. The van der Waals surface area contributed by atoms with Crippen LogP contribution in [-0.2, 0) is 9.53 Å². The molecule has 0 aliphatic carbocycles. The summed E-state index contributed by atoms with van der Waals surface area (Å²) in [7, 11) is 0. The number of carbonyl (C=O) groups excluding carboxylic acids is 1. The molecule has 0 aliphatic rings. The van der Waals surface area contributed by atoms with Gasteiger partial charge in [0.25, 0.3) is 0 Å². The molecule has 4 nitrogen and oxygen atoms in total. The third-order valence-electron chi connectivity index (χ3n) is 1.39. The van der Waals surface area contributed by atoms with E-state index in [1.54, 1.807) is 12.3 Å². The molecule has 0 aromatic carbocycles. The summed E-state index contributed by atoms with van der Waals surface area (Å²) in [6, 6.07) is 1.42. The second-order valence-corrected chi connectivity index (χ2v) is 3.39. The maximum absolute atomic E-state index is 10.8. The summed E-state index contributed by atoms with van der Waals surface area (Å²) in [5.41, 5.74) is 0.505. The molecule has 0 spiro atoms. The number of rotatable bonds is 2. The van der Waals surface area contributed by atoms with E-state index in [2.05, 4.69) is 16.6 Å². The molecule has 0 amide bonds. The number of aromatic carboxylic acids is 1. The van der Waals surface area contributed by atoms with Gasteiger partial charge in [-0.15, -0.1) is 11.3 Å². The van der Waals surface area contributed by atoms with E-state index in [0.717, 1.165) is 11.3 Å². The Balaban J connectivity index is 2.72. The molecule has 1 rings (SSSR count). The largest absolute Gasteiger partial charge is 0.477 e. The predicted molar refractivity (Wildman–Crippen MR) is 54.8 cm³/mol. The molecular formula is C10H8O4S. The Morgan fingerprint density at radius 2 is 2.33 bits per heavy atom. The van der Waals surface area contributed by atoms with Gasteiger partial charge in [0.15, 0.2) is 0 Å². The molecule has 0 saturated carbocycles. The smallest absolute Gasteiger partial charge is 0.384 e. The molecule has 15 heavy (non-hydrogen) atoms. The van der Waals surface area contributed by atoms with Crippen molar-refractivity contribution in [3.8, 4) is 11.8 Å². The number of esters is 1. The molecule has 5 heteroatoms. The molecular weight excluding hydrogens is 216 g/mol. The monoisotopic (exact) mass is 224 g/mol. The molecule has 0 unspecified atom stereocenters. The number of hydrogen-bond acceptors (Lipinski definition) is 4. The average Bonchev–Trinajstić information content (AvgIpc) is 2.63. The van der Waals surface area contributed by atoms with Crippen molar-refractivity contribution in [3.05, 3.63) is 21.9 Å². The second-order valence-electron chi connectivity index (χ2n) is 2.48. The molecule has 1 aromatic rings. The van der Waals surface area contributed by atoms with Crippen molar-refractivity contribution in [2.75, 3.05) is 6.61 Å². The summed E-state index contributed by atoms with van der Waals surface area (Å²) in [4.78, 5) is 21.6. The Morgan fingerprint density at radius 1 is 1.60 bits per heavy atom. The van der Waals surface area contributed by atoms with Crippen LogP contribution in [0, 0.1) is 11.8 Å². The Morgan fingerprint density at radius 3 is 2.87 bits per heavy atom. The highest BCUT2D eigenvalue weighted by molar-refractivity contribution is 7.12. The molecule has 1 heterocycles. The minimum Gasteiger partial charge on any atom is -0.477 e. The van der Waals surface area contributed by atoms with Crippen molar-refractivity contribution in [1.29, 1.82) is 0 Å². The second kappa shape index (κ2) is 5.17. The van der Waals surface area contributed by atoms with Gasteiger partial charge in [-0.25, -0.2) is 9.59 Å². The lowest BCUT2D eigenvalue weighted by molar-refractivity contribution is -0.136. The normalized spacial score (nSPS) is 8.87. The summed E-state index contributed by atoms with van der Waals surface area (Å²) in [5, 5.41) is 10.2. The van der Waals surface area contributed by atoms with E-state index in [4.69, 9.17) is 5.11 Å². The van der Waals surface area contributed by atoms with Crippen molar-refractivity contribution in [3.63, 3.8) is 0 Å². The van der Waals surface area contributed by atoms with Crippen LogP contribution in [0.4, 0.5) is 0 Å². The predicted octanol–water partition coefficient (Wildman–Crippen LogP) is 1.36. The first-order valence-corrected chi connectivity index (χ1v) is 5.02. The highest BCUT2D eigenvalue weighted by atomic mass is 32.1. The van der Waals surface area contributed by atoms with Gasteiger partial charge in [-0.1, -0.05) is 5.92 Å². The Hall–Kier alpha value is -1.80. The lowest BCUT2D eigenvalue weighted by Crippen LogP contribution is -1.99. The maximum atomic E-state index is 10.8. The Bertz CT molecular complexity index is 436. The Kier molecular flexibility index (Phi) is 3.89. The van der Waals surface area contributed by atoms with Crippen LogP contribution in [0.2, 0.25) is 0 Å². The van der Waals surface area contributed by atoms with Gasteiger partial charge >= 0.3 is 11.9 Å². The van der Waals surface area contributed by atoms with Crippen LogP contribution in [-0.4, -0.2) is 23.7 Å². The minimum atomic E-state index is -0.996. The van der Waals surface area contributed by atoms with E-state index in [9.17, 15) is 9.59 Å². The molecule has 0 fully saturated rings. The van der Waals surface area contributed by atoms with Crippen LogP contribution in [0.15, 0.2) is 11.4 Å². The zero-order valence-corrected chi connectivity index (χ0v) is 8.76. The van der Waals surface area contributed by atoms with Gasteiger partial charge in [0.1, 0.15) is 4.88 Å². The van der Waals surface area contributed by atoms with E-state index in [1.165, 1.54) is 6.07 Å². The van der Waals surface area contributed by atoms with E-state index in [1.807, 2.05) is 0 Å². The molecule has 0 atom stereocenters. The summed E-state index contributed by atoms with van der Waals surface area (Å²) >= 11 is 1.07. The molecule has 78 valence electrons. The lowest BCUT2D eigenvalue weighted by atomic mass is 10.3. The number of carbonyl (C=O) groups is 2. The van der Waals surface area contributed by atoms with E-state index >= 15 is 0 Å². The number of thiophene rings is 1. The number of ether oxygens (including phenoxy) is 1. The zero-order chi connectivity index (χ0) is 11.3. The van der Waals surface area contributed by atoms with Crippen LogP contribution < -0.4 is 0 Å². The lowest BCUT2D eigenvalue weighted by Gasteiger charge is -1.89. The molecule has 1 aromatic heterocycles. The van der Waals surface area contributed by atoms with E-state index < -0.39 is 11.9 Å². The first-order valence-electron chi connectivity index (χ1n) is 4.14. The standard InChI is InChI=1S/C10H8O4S/c1-2-14-9(11)4-3-7-5-8(10(12)13)15-6-7/h5-6H,2H2,1H3,(H,12,13). The first kappa shape index (κ1) is 11.3. The fraction of sp³-hybridized carbons (Fsp3) is 0.200. The van der Waals surface area contributed by atoms with Gasteiger partial charge < -0.3 is 9.84 Å². The van der Waals surface area contributed by atoms with Crippen LogP contribution in [0.5, 0.6) is 0 Å². The van der Waals surface area contributed by atoms with Gasteiger partial charge in [-0.3, -0.25) is 0 Å². The summed E-state index contributed by atoms with van der Waals surface area (Å²) in [5.74, 6) is 3.18. The van der Waals surface area contributed by atoms with Gasteiger partial charge in [0, 0.05) is 16.9 Å². The summed E-state index contributed by atoms with van der Waals surface area (Å²) in [6.45, 7) is 1.96. The van der Waals surface area contributed by atoms with Gasteiger partial charge in [-0.05, 0) is 13.0 Å². The maximum Gasteiger partial charge on any atom is 0.384 e. The van der Waals surface area contributed by atoms with Crippen molar-refractivity contribution < 1.29 is 19.4 Å². The van der Waals surface area contributed by atoms with Crippen LogP contribution in [0.3, 0.4) is 0 Å². The van der Waals surface area contributed by atoms with Crippen LogP contribution in [0.1, 0.15) is 22.2 Å². The summed E-state index contributed by atoms with van der Waals surface area (Å²) < 4.78 is 4.59. The zero-order valence-electron chi connectivity index (χ0n) is 7.94. The highest BCUT2D eigenvalue weighted by Gasteiger charge is 2.05. The quantitative estimate of drug-likeness (QED) is 0.608. The minimum absolute atomic E-state index is 0.197. The van der Waals surface area contributed by atoms with E-state index in [-0.39, 0.29) is 11.5 Å². The van der Waals surface area contributed by atoms with Gasteiger partial charge in [0.05, 0.1) is 6.61 Å². The SMILES string of the molecule is CCOC(=O)C#Cc1csc(C(=O)O)c1. The van der Waals surface area contributed by atoms with E-state index in [0.29, 0.717) is 5.56 Å². The van der Waals surface area contributed by atoms with Crippen molar-refractivity contribution >= 4 is 23.3 Å². The Labute approximate surface area is 90.5 Å². The number of hydrogen-bond donors (Lipinski definition) is 1. The van der Waals surface area contributed by atoms with Crippen molar-refractivity contribution in [2.45, 2.75) is 6.92 Å². The fourth-order valence-electron chi connectivity index (χ4n) is 0.804. The first-order chi connectivity index (χ1) is 7.13. The van der Waals surface area contributed by atoms with Gasteiger partial charge in [0.2, 0.25) is 0 Å². The molecule has 0 bridgehead atoms. The van der Waals surface area contributed by atoms with Crippen LogP contribution >= 0.6 is 11.3 Å².